The minimum absolute atomic E-state index is 0.00776. The largest absolute Gasteiger partial charge is 0.497 e. The number of hydrogen-bond donors (Lipinski definition) is 1. The van der Waals surface area contributed by atoms with Crippen LogP contribution >= 0.6 is 11.8 Å². The monoisotopic (exact) mass is 455 g/mol. The number of benzene rings is 2. The summed E-state index contributed by atoms with van der Waals surface area (Å²) in [5.74, 6) is 0.640. The number of rotatable bonds is 7. The lowest BCUT2D eigenvalue weighted by molar-refractivity contribution is -0.131. The van der Waals surface area contributed by atoms with Crippen LogP contribution in [-0.4, -0.2) is 71.8 Å². The lowest BCUT2D eigenvalue weighted by Crippen LogP contribution is -2.52. The molecule has 3 amide bonds. The van der Waals surface area contributed by atoms with Crippen molar-refractivity contribution in [3.8, 4) is 5.75 Å². The molecule has 7 nitrogen and oxygen atoms in total. The fourth-order valence-corrected chi connectivity index (χ4v) is 4.20. The second-order valence-electron chi connectivity index (χ2n) is 7.72. The average Bonchev–Trinajstić information content (AvgIpc) is 2.83. The molecule has 1 heterocycles. The molecule has 1 atom stereocenters. The molecule has 0 saturated carbocycles. The first-order valence-electron chi connectivity index (χ1n) is 10.6. The zero-order valence-electron chi connectivity index (χ0n) is 18.7. The van der Waals surface area contributed by atoms with Gasteiger partial charge in [-0.3, -0.25) is 14.4 Å². The van der Waals surface area contributed by atoms with E-state index in [0.717, 1.165) is 11.3 Å². The quantitative estimate of drug-likeness (QED) is 0.694. The number of thioether (sulfide) groups is 1. The number of nitrogens with zero attached hydrogens (tertiary/aromatic N) is 2. The molecular weight excluding hydrogens is 426 g/mol. The van der Waals surface area contributed by atoms with Crippen molar-refractivity contribution in [2.24, 2.45) is 0 Å². The third-order valence-corrected chi connectivity index (χ3v) is 6.47. The van der Waals surface area contributed by atoms with E-state index >= 15 is 0 Å². The summed E-state index contributed by atoms with van der Waals surface area (Å²) in [5, 5.41) is 2.51. The Balaban J connectivity index is 1.44. The highest BCUT2D eigenvalue weighted by atomic mass is 32.2. The number of carbonyl (C=O) groups excluding carboxylic acids is 3. The van der Waals surface area contributed by atoms with Crippen molar-refractivity contribution in [1.29, 1.82) is 0 Å². The molecule has 1 aliphatic heterocycles. The van der Waals surface area contributed by atoms with E-state index in [1.165, 1.54) is 11.8 Å². The topological polar surface area (TPSA) is 79.0 Å². The van der Waals surface area contributed by atoms with Crippen molar-refractivity contribution in [1.82, 2.24) is 9.80 Å². The van der Waals surface area contributed by atoms with Crippen molar-refractivity contribution in [3.05, 3.63) is 59.7 Å². The fraction of sp³-hybridized carbons (Fsp3) is 0.375. The Morgan fingerprint density at radius 2 is 1.69 bits per heavy atom. The van der Waals surface area contributed by atoms with Gasteiger partial charge in [0.05, 0.1) is 18.1 Å². The van der Waals surface area contributed by atoms with Gasteiger partial charge in [0.15, 0.2) is 0 Å². The number of aryl methyl sites for hydroxylation is 1. The summed E-state index contributed by atoms with van der Waals surface area (Å²) < 4.78 is 5.19. The van der Waals surface area contributed by atoms with E-state index < -0.39 is 0 Å². The molecule has 0 spiro atoms. The molecule has 1 fully saturated rings. The van der Waals surface area contributed by atoms with E-state index in [2.05, 4.69) is 5.32 Å². The number of ether oxygens (including phenoxy) is 1. The maximum atomic E-state index is 12.8. The Morgan fingerprint density at radius 3 is 2.34 bits per heavy atom. The second-order valence-corrected chi connectivity index (χ2v) is 9.05. The van der Waals surface area contributed by atoms with E-state index in [1.54, 1.807) is 41.2 Å². The van der Waals surface area contributed by atoms with Crippen LogP contribution in [0.3, 0.4) is 0 Å². The molecule has 0 aliphatic carbocycles. The van der Waals surface area contributed by atoms with Crippen molar-refractivity contribution in [3.63, 3.8) is 0 Å². The lowest BCUT2D eigenvalue weighted by Gasteiger charge is -2.36. The summed E-state index contributed by atoms with van der Waals surface area (Å²) in [5.41, 5.74) is 2.45. The van der Waals surface area contributed by atoms with E-state index in [0.29, 0.717) is 37.5 Å². The molecule has 3 rings (SSSR count). The smallest absolute Gasteiger partial charge is 0.254 e. The van der Waals surface area contributed by atoms with E-state index in [9.17, 15) is 14.4 Å². The number of carbonyl (C=O) groups is 3. The predicted octanol–water partition coefficient (Wildman–Crippen LogP) is 3.05. The molecule has 8 heteroatoms. The minimum atomic E-state index is -0.334. The van der Waals surface area contributed by atoms with E-state index in [4.69, 9.17) is 4.74 Å². The molecule has 170 valence electrons. The molecule has 1 saturated heterocycles. The molecule has 0 aromatic heterocycles. The molecular formula is C24H29N3O4S. The van der Waals surface area contributed by atoms with Crippen LogP contribution in [-0.2, 0) is 9.59 Å². The number of nitrogens with one attached hydrogen (secondary N) is 1. The summed E-state index contributed by atoms with van der Waals surface area (Å²) >= 11 is 1.32. The zero-order chi connectivity index (χ0) is 23.1. The number of hydrogen-bond acceptors (Lipinski definition) is 5. The highest BCUT2D eigenvalue weighted by molar-refractivity contribution is 8.01. The van der Waals surface area contributed by atoms with Gasteiger partial charge in [0, 0.05) is 37.4 Å². The van der Waals surface area contributed by atoms with Gasteiger partial charge in [-0.05, 0) is 44.2 Å². The predicted molar refractivity (Wildman–Crippen MR) is 127 cm³/mol. The first kappa shape index (κ1) is 23.7. The molecule has 1 unspecified atom stereocenters. The van der Waals surface area contributed by atoms with Gasteiger partial charge in [-0.1, -0.05) is 23.8 Å². The van der Waals surface area contributed by atoms with Crippen molar-refractivity contribution < 1.29 is 19.1 Å². The highest BCUT2D eigenvalue weighted by Gasteiger charge is 2.28. The molecule has 32 heavy (non-hydrogen) atoms. The molecule has 0 radical (unpaired) electrons. The molecule has 0 bridgehead atoms. The summed E-state index contributed by atoms with van der Waals surface area (Å²) in [6.45, 7) is 5.73. The van der Waals surface area contributed by atoms with Gasteiger partial charge in [-0.25, -0.2) is 0 Å². The van der Waals surface area contributed by atoms with Gasteiger partial charge in [0.1, 0.15) is 5.75 Å². The van der Waals surface area contributed by atoms with E-state index in [-0.39, 0.29) is 28.7 Å². The third kappa shape index (κ3) is 6.26. The van der Waals surface area contributed by atoms with Crippen molar-refractivity contribution in [2.45, 2.75) is 19.1 Å². The van der Waals surface area contributed by atoms with E-state index in [1.807, 2.05) is 38.1 Å². The van der Waals surface area contributed by atoms with Gasteiger partial charge < -0.3 is 19.9 Å². The van der Waals surface area contributed by atoms with Crippen molar-refractivity contribution >= 4 is 35.2 Å². The number of methoxy groups -OCH3 is 1. The van der Waals surface area contributed by atoms with Gasteiger partial charge in [0.2, 0.25) is 11.8 Å². The average molecular weight is 456 g/mol. The third-order valence-electron chi connectivity index (χ3n) is 5.34. The van der Waals surface area contributed by atoms with Crippen LogP contribution in [0, 0.1) is 6.92 Å². The Bertz CT molecular complexity index is 956. The van der Waals surface area contributed by atoms with Crippen LogP contribution in [0.25, 0.3) is 0 Å². The van der Waals surface area contributed by atoms with Gasteiger partial charge in [-0.15, -0.1) is 11.8 Å². The first-order valence-corrected chi connectivity index (χ1v) is 11.6. The van der Waals surface area contributed by atoms with Gasteiger partial charge in [-0.2, -0.15) is 0 Å². The first-order chi connectivity index (χ1) is 15.4. The normalized spacial score (nSPS) is 14.6. The minimum Gasteiger partial charge on any atom is -0.497 e. The van der Waals surface area contributed by atoms with Crippen LogP contribution in [0.15, 0.2) is 48.5 Å². The number of piperazine rings is 1. The summed E-state index contributed by atoms with van der Waals surface area (Å²) in [6.07, 6.45) is 0. The summed E-state index contributed by atoms with van der Waals surface area (Å²) in [6, 6.07) is 14.7. The maximum Gasteiger partial charge on any atom is 0.254 e. The molecule has 2 aromatic rings. The fourth-order valence-electron chi connectivity index (χ4n) is 3.43. The van der Waals surface area contributed by atoms with Gasteiger partial charge in [0.25, 0.3) is 5.91 Å². The number of anilines is 1. The Kier molecular flexibility index (Phi) is 8.16. The summed E-state index contributed by atoms with van der Waals surface area (Å²) in [7, 11) is 1.57. The van der Waals surface area contributed by atoms with Crippen molar-refractivity contribution in [2.75, 3.05) is 44.4 Å². The highest BCUT2D eigenvalue weighted by Crippen LogP contribution is 2.18. The van der Waals surface area contributed by atoms with Crippen LogP contribution < -0.4 is 10.1 Å². The maximum absolute atomic E-state index is 12.8. The molecule has 2 aromatic carbocycles. The van der Waals surface area contributed by atoms with Gasteiger partial charge >= 0.3 is 0 Å². The molecule has 1 N–H and O–H groups in total. The molecule has 1 aliphatic rings. The van der Waals surface area contributed by atoms with Crippen LogP contribution in [0.2, 0.25) is 0 Å². The Hall–Kier alpha value is -3.00. The lowest BCUT2D eigenvalue weighted by atomic mass is 10.1. The van der Waals surface area contributed by atoms with Crippen LogP contribution in [0.4, 0.5) is 5.69 Å². The van der Waals surface area contributed by atoms with Crippen LogP contribution in [0.1, 0.15) is 22.8 Å². The number of amides is 3. The Morgan fingerprint density at radius 1 is 1.03 bits per heavy atom. The van der Waals surface area contributed by atoms with Crippen LogP contribution in [0.5, 0.6) is 5.75 Å². The summed E-state index contributed by atoms with van der Waals surface area (Å²) in [4.78, 5) is 41.2. The standard InChI is InChI=1S/C24H29N3O4S/c1-17-7-9-20(10-8-17)25-22(28)16-32-18(2)23(29)26-11-13-27(14-12-26)24(30)19-5-4-6-21(15-19)31-3/h4-10,15,18H,11-14,16H2,1-3H3,(H,25,28). The Labute approximate surface area is 193 Å². The zero-order valence-corrected chi connectivity index (χ0v) is 19.5. The SMILES string of the molecule is COc1cccc(C(=O)N2CCN(C(=O)C(C)SCC(=O)Nc3ccc(C)cc3)CC2)c1. The second kappa shape index (κ2) is 11.0.